The molecule has 0 aliphatic heterocycles. The number of ketones is 1. The van der Waals surface area contributed by atoms with Gasteiger partial charge in [0.15, 0.2) is 0 Å². The van der Waals surface area contributed by atoms with Gasteiger partial charge in [-0.05, 0) is 122 Å². The number of amides is 1. The molecule has 1 N–H and O–H groups in total. The van der Waals surface area contributed by atoms with Gasteiger partial charge in [-0.25, -0.2) is 0 Å². The predicted octanol–water partition coefficient (Wildman–Crippen LogP) is 6.89. The zero-order valence-corrected chi connectivity index (χ0v) is 23.8. The predicted molar refractivity (Wildman–Crippen MR) is 153 cm³/mol. The summed E-state index contributed by atoms with van der Waals surface area (Å²) in [7, 11) is 1.81. The van der Waals surface area contributed by atoms with E-state index in [2.05, 4.69) is 37.3 Å². The summed E-state index contributed by atoms with van der Waals surface area (Å²) < 4.78 is 7.73. The molecule has 0 radical (unpaired) electrons. The monoisotopic (exact) mass is 535 g/mol. The molecule has 3 aliphatic carbocycles. The Bertz CT molecular complexity index is 1160. The summed E-state index contributed by atoms with van der Waals surface area (Å²) in [5.74, 6) is 4.35. The molecule has 2 aromatic carbocycles. The maximum atomic E-state index is 13.1. The molecule has 2 saturated carbocycles. The van der Waals surface area contributed by atoms with Crippen LogP contribution >= 0.6 is 11.9 Å². The lowest BCUT2D eigenvalue weighted by atomic mass is 9.51. The molecular formula is C32H41NO4S. The highest BCUT2D eigenvalue weighted by atomic mass is 32.2. The fourth-order valence-corrected chi connectivity index (χ4v) is 8.25. The third-order valence-electron chi connectivity index (χ3n) is 9.52. The SMILES string of the molecule is CC(=O)N(C)SCCCCCOc1ccc([C@H]2C[C@]3(C)C(=O)CCC3C3CCc4cc(O)ccc4C32)cc1. The Labute approximate surface area is 231 Å². The van der Waals surface area contributed by atoms with Gasteiger partial charge in [-0.15, -0.1) is 0 Å². The van der Waals surface area contributed by atoms with Gasteiger partial charge < -0.3 is 9.84 Å². The van der Waals surface area contributed by atoms with Crippen LogP contribution in [0.3, 0.4) is 0 Å². The maximum Gasteiger partial charge on any atom is 0.229 e. The average molecular weight is 536 g/mol. The number of unbranched alkanes of at least 4 members (excludes halogenated alkanes) is 2. The summed E-state index contributed by atoms with van der Waals surface area (Å²) in [6, 6.07) is 14.5. The Hall–Kier alpha value is -2.47. The van der Waals surface area contributed by atoms with Crippen molar-refractivity contribution in [3.63, 3.8) is 0 Å². The number of carbonyl (C=O) groups excluding carboxylic acids is 2. The quantitative estimate of drug-likeness (QED) is 0.280. The minimum Gasteiger partial charge on any atom is -0.508 e. The number of rotatable bonds is 9. The van der Waals surface area contributed by atoms with Crippen molar-refractivity contribution in [2.45, 2.75) is 77.0 Å². The maximum absolute atomic E-state index is 13.1. The topological polar surface area (TPSA) is 66.8 Å². The van der Waals surface area contributed by atoms with E-state index in [1.807, 2.05) is 19.2 Å². The number of carbonyl (C=O) groups is 2. The molecule has 3 aliphatic rings. The van der Waals surface area contributed by atoms with Gasteiger partial charge in [0, 0.05) is 31.6 Å². The van der Waals surface area contributed by atoms with E-state index in [9.17, 15) is 14.7 Å². The highest BCUT2D eigenvalue weighted by molar-refractivity contribution is 7.97. The van der Waals surface area contributed by atoms with Gasteiger partial charge in [0.05, 0.1) is 6.61 Å². The van der Waals surface area contributed by atoms with Gasteiger partial charge >= 0.3 is 0 Å². The first-order valence-electron chi connectivity index (χ1n) is 14.2. The van der Waals surface area contributed by atoms with E-state index in [1.165, 1.54) is 16.7 Å². The number of phenolic OH excluding ortho intramolecular Hbond substituents is 1. The highest BCUT2D eigenvalue weighted by Crippen LogP contribution is 2.64. The van der Waals surface area contributed by atoms with E-state index in [1.54, 1.807) is 23.2 Å². The Balaban J connectivity index is 1.25. The molecule has 5 rings (SSSR count). The molecule has 0 saturated heterocycles. The van der Waals surface area contributed by atoms with Crippen molar-refractivity contribution in [1.82, 2.24) is 4.31 Å². The van der Waals surface area contributed by atoms with E-state index in [0.29, 0.717) is 35.9 Å². The fraction of sp³-hybridized carbons (Fsp3) is 0.562. The average Bonchev–Trinajstić information content (AvgIpc) is 3.21. The largest absolute Gasteiger partial charge is 0.508 e. The lowest BCUT2D eigenvalue weighted by Crippen LogP contribution is -2.45. The van der Waals surface area contributed by atoms with Crippen LogP contribution in [0.4, 0.5) is 0 Å². The Morgan fingerprint density at radius 3 is 2.66 bits per heavy atom. The molecule has 6 heteroatoms. The van der Waals surface area contributed by atoms with E-state index < -0.39 is 0 Å². The Morgan fingerprint density at radius 1 is 1.11 bits per heavy atom. The van der Waals surface area contributed by atoms with E-state index in [0.717, 1.165) is 62.9 Å². The number of hydrogen-bond donors (Lipinski definition) is 1. The molecular weight excluding hydrogens is 494 g/mol. The van der Waals surface area contributed by atoms with Gasteiger partial charge in [-0.3, -0.25) is 13.9 Å². The van der Waals surface area contributed by atoms with Gasteiger partial charge in [0.25, 0.3) is 0 Å². The van der Waals surface area contributed by atoms with Crippen LogP contribution in [-0.2, 0) is 16.0 Å². The van der Waals surface area contributed by atoms with Crippen LogP contribution in [0, 0.1) is 17.3 Å². The second kappa shape index (κ2) is 11.3. The number of benzene rings is 2. The minimum absolute atomic E-state index is 0.0845. The van der Waals surface area contributed by atoms with Crippen LogP contribution < -0.4 is 4.74 Å². The number of fused-ring (bicyclic) bond motifs is 5. The molecule has 0 aromatic heterocycles. The van der Waals surface area contributed by atoms with Crippen LogP contribution in [0.5, 0.6) is 11.5 Å². The van der Waals surface area contributed by atoms with Gasteiger partial charge in [-0.2, -0.15) is 0 Å². The molecule has 1 amide bonds. The number of phenols is 1. The molecule has 2 aromatic rings. The molecule has 0 spiro atoms. The highest BCUT2D eigenvalue weighted by Gasteiger charge is 2.57. The molecule has 0 heterocycles. The summed E-state index contributed by atoms with van der Waals surface area (Å²) in [5, 5.41) is 10.1. The Kier molecular flexibility index (Phi) is 8.08. The summed E-state index contributed by atoms with van der Waals surface area (Å²) in [5.41, 5.74) is 3.71. The summed E-state index contributed by atoms with van der Waals surface area (Å²) in [6.45, 7) is 4.51. The number of aromatic hydroxyl groups is 1. The number of ether oxygens (including phenoxy) is 1. The van der Waals surface area contributed by atoms with Crippen LogP contribution in [0.15, 0.2) is 42.5 Å². The molecule has 3 unspecified atom stereocenters. The van der Waals surface area contributed by atoms with Crippen molar-refractivity contribution in [3.8, 4) is 11.5 Å². The van der Waals surface area contributed by atoms with Crippen LogP contribution in [0.1, 0.15) is 87.3 Å². The third kappa shape index (κ3) is 5.34. The van der Waals surface area contributed by atoms with E-state index >= 15 is 0 Å². The number of hydrogen-bond acceptors (Lipinski definition) is 5. The van der Waals surface area contributed by atoms with Crippen LogP contribution in [0.25, 0.3) is 0 Å². The fourth-order valence-electron chi connectivity index (χ4n) is 7.47. The van der Waals surface area contributed by atoms with Crippen molar-refractivity contribution in [2.24, 2.45) is 17.3 Å². The van der Waals surface area contributed by atoms with Crippen molar-refractivity contribution in [1.29, 1.82) is 0 Å². The number of nitrogens with zero attached hydrogens (tertiary/aromatic N) is 1. The van der Waals surface area contributed by atoms with Crippen molar-refractivity contribution < 1.29 is 19.4 Å². The Morgan fingerprint density at radius 2 is 1.89 bits per heavy atom. The molecule has 204 valence electrons. The summed E-state index contributed by atoms with van der Waals surface area (Å²) >= 11 is 1.57. The first kappa shape index (κ1) is 27.1. The van der Waals surface area contributed by atoms with Crippen LogP contribution in [0.2, 0.25) is 0 Å². The lowest BCUT2D eigenvalue weighted by Gasteiger charge is -2.52. The van der Waals surface area contributed by atoms with Gasteiger partial charge in [-0.1, -0.05) is 25.1 Å². The number of aryl methyl sites for hydroxylation is 1. The molecule has 5 nitrogen and oxygen atoms in total. The van der Waals surface area contributed by atoms with Crippen LogP contribution in [-0.4, -0.2) is 40.5 Å². The molecule has 38 heavy (non-hydrogen) atoms. The minimum atomic E-state index is -0.229. The zero-order valence-electron chi connectivity index (χ0n) is 22.9. The zero-order chi connectivity index (χ0) is 26.9. The second-order valence-corrected chi connectivity index (χ2v) is 12.9. The van der Waals surface area contributed by atoms with E-state index in [4.69, 9.17) is 4.74 Å². The number of Topliss-reactive ketones (excluding diaryl/α,β-unsaturated/α-hetero) is 1. The second-order valence-electron chi connectivity index (χ2n) is 11.7. The summed E-state index contributed by atoms with van der Waals surface area (Å²) in [4.78, 5) is 24.4. The molecule has 2 fully saturated rings. The summed E-state index contributed by atoms with van der Waals surface area (Å²) in [6.07, 6.45) is 7.84. The smallest absolute Gasteiger partial charge is 0.229 e. The lowest BCUT2D eigenvalue weighted by molar-refractivity contribution is -0.130. The van der Waals surface area contributed by atoms with Gasteiger partial charge in [0.2, 0.25) is 5.91 Å². The van der Waals surface area contributed by atoms with E-state index in [-0.39, 0.29) is 17.2 Å². The first-order valence-corrected chi connectivity index (χ1v) is 15.2. The van der Waals surface area contributed by atoms with Crippen molar-refractivity contribution >= 4 is 23.6 Å². The van der Waals surface area contributed by atoms with Crippen molar-refractivity contribution in [3.05, 3.63) is 59.2 Å². The van der Waals surface area contributed by atoms with Gasteiger partial charge in [0.1, 0.15) is 17.3 Å². The first-order chi connectivity index (χ1) is 18.3. The van der Waals surface area contributed by atoms with Crippen molar-refractivity contribution in [2.75, 3.05) is 19.4 Å². The third-order valence-corrected chi connectivity index (χ3v) is 10.6. The molecule has 5 atom stereocenters. The normalized spacial score (nSPS) is 27.8. The molecule has 0 bridgehead atoms. The standard InChI is InChI=1S/C32H41NO4S/c1-21(34)33(3)38-18-6-4-5-17-37-25-11-7-22(8-12-25)28-20-32(2)29(15-16-30(32)36)27-13-9-23-19-24(35)10-14-26(23)31(27)28/h7-8,10-12,14,19,27-29,31,35H,4-6,9,13,15-18,20H2,1-3H3/t27?,28-,29?,31?,32+/m1/s1.